The molecule has 0 unspecified atom stereocenters. The van der Waals surface area contributed by atoms with Crippen LogP contribution in [-0.2, 0) is 10.8 Å². The van der Waals surface area contributed by atoms with Gasteiger partial charge in [0.05, 0.1) is 26.9 Å². The summed E-state index contributed by atoms with van der Waals surface area (Å²) in [6, 6.07) is 10.5. The minimum Gasteiger partial charge on any atom is -0.320 e. The Labute approximate surface area is 117 Å². The molecule has 0 spiro atoms. The first kappa shape index (κ1) is 13.5. The Kier molecular flexibility index (Phi) is 4.10. The van der Waals surface area contributed by atoms with E-state index in [1.54, 1.807) is 42.0 Å². The van der Waals surface area contributed by atoms with Crippen molar-refractivity contribution in [1.29, 1.82) is 5.26 Å². The van der Waals surface area contributed by atoms with Crippen LogP contribution in [0.5, 0.6) is 0 Å². The lowest BCUT2D eigenvalue weighted by Gasteiger charge is -2.08. The highest BCUT2D eigenvalue weighted by molar-refractivity contribution is 7.84. The fraction of sp³-hybridized carbons (Fsp3) is 0.0769. The average molecular weight is 290 g/mol. The number of nitriles is 1. The largest absolute Gasteiger partial charge is 0.320 e. The Morgan fingerprint density at radius 1 is 1.37 bits per heavy atom. The Morgan fingerprint density at radius 2 is 2.11 bits per heavy atom. The van der Waals surface area contributed by atoms with Crippen LogP contribution >= 0.6 is 11.3 Å². The van der Waals surface area contributed by atoms with Crippen molar-refractivity contribution in [1.82, 2.24) is 0 Å². The Bertz CT molecular complexity index is 686. The first-order chi connectivity index (χ1) is 9.13. The van der Waals surface area contributed by atoms with Crippen LogP contribution in [0.15, 0.2) is 40.6 Å². The van der Waals surface area contributed by atoms with E-state index >= 15 is 0 Å². The quantitative estimate of drug-likeness (QED) is 0.944. The number of hydrogen-bond acceptors (Lipinski definition) is 4. The summed E-state index contributed by atoms with van der Waals surface area (Å²) >= 11 is 1.21. The lowest BCUT2D eigenvalue weighted by atomic mass is 10.2. The van der Waals surface area contributed by atoms with Crippen LogP contribution in [-0.4, -0.2) is 16.4 Å². The van der Waals surface area contributed by atoms with Gasteiger partial charge in [0.1, 0.15) is 10.9 Å². The molecule has 1 N–H and O–H groups in total. The maximum absolute atomic E-state index is 12.1. The number of thiophene rings is 1. The van der Waals surface area contributed by atoms with Crippen molar-refractivity contribution in [3.63, 3.8) is 0 Å². The van der Waals surface area contributed by atoms with Gasteiger partial charge in [-0.2, -0.15) is 5.26 Å². The molecule has 0 saturated carbocycles. The second-order valence-electron chi connectivity index (χ2n) is 3.68. The van der Waals surface area contributed by atoms with E-state index in [1.807, 2.05) is 6.07 Å². The first-order valence-electron chi connectivity index (χ1n) is 5.35. The summed E-state index contributed by atoms with van der Waals surface area (Å²) in [6.07, 6.45) is 1.55. The van der Waals surface area contributed by atoms with Crippen LogP contribution in [0.25, 0.3) is 0 Å². The Morgan fingerprint density at radius 3 is 2.79 bits per heavy atom. The van der Waals surface area contributed by atoms with Gasteiger partial charge >= 0.3 is 0 Å². The van der Waals surface area contributed by atoms with E-state index in [9.17, 15) is 9.00 Å². The van der Waals surface area contributed by atoms with Gasteiger partial charge in [-0.1, -0.05) is 12.1 Å². The minimum absolute atomic E-state index is 0.345. The van der Waals surface area contributed by atoms with Crippen molar-refractivity contribution in [3.05, 3.63) is 46.2 Å². The number of rotatable bonds is 3. The van der Waals surface area contributed by atoms with Crippen LogP contribution in [0.1, 0.15) is 15.2 Å². The molecule has 0 fully saturated rings. The average Bonchev–Trinajstić information content (AvgIpc) is 2.87. The lowest BCUT2D eigenvalue weighted by Crippen LogP contribution is -2.13. The summed E-state index contributed by atoms with van der Waals surface area (Å²) in [4.78, 5) is 13.0. The third kappa shape index (κ3) is 2.89. The van der Waals surface area contributed by atoms with Crippen molar-refractivity contribution >= 4 is 33.7 Å². The normalized spacial score (nSPS) is 11.6. The molecular weight excluding hydrogens is 280 g/mol. The van der Waals surface area contributed by atoms with E-state index in [0.717, 1.165) is 0 Å². The van der Waals surface area contributed by atoms with Gasteiger partial charge in [0.15, 0.2) is 0 Å². The molecule has 1 atom stereocenters. The number of amides is 1. The van der Waals surface area contributed by atoms with E-state index in [0.29, 0.717) is 21.0 Å². The van der Waals surface area contributed by atoms with Crippen LogP contribution in [0.4, 0.5) is 5.69 Å². The smallest absolute Gasteiger partial charge is 0.267 e. The standard InChI is InChI=1S/C13H10N2O2S2/c1-19(17)11-5-3-2-4-10(11)15-13(16)12-9(8-14)6-7-18-12/h2-7H,1H3,(H,15,16)/t19-/m0/s1. The molecule has 1 aromatic carbocycles. The molecule has 0 radical (unpaired) electrons. The van der Waals surface area contributed by atoms with Gasteiger partial charge in [-0.05, 0) is 23.6 Å². The van der Waals surface area contributed by atoms with Crippen molar-refractivity contribution in [2.45, 2.75) is 4.90 Å². The molecule has 4 nitrogen and oxygen atoms in total. The van der Waals surface area contributed by atoms with Gasteiger partial charge in [0.25, 0.3) is 5.91 Å². The predicted octanol–water partition coefficient (Wildman–Crippen LogP) is 2.61. The molecule has 0 bridgehead atoms. The zero-order chi connectivity index (χ0) is 13.8. The van der Waals surface area contributed by atoms with Gasteiger partial charge in [0.2, 0.25) is 0 Å². The van der Waals surface area contributed by atoms with Gasteiger partial charge < -0.3 is 5.32 Å². The number of carbonyl (C=O) groups excluding carboxylic acids is 1. The molecule has 2 rings (SSSR count). The number of nitrogens with one attached hydrogen (secondary N) is 1. The minimum atomic E-state index is -1.19. The van der Waals surface area contributed by atoms with Gasteiger partial charge in [-0.3, -0.25) is 9.00 Å². The second-order valence-corrected chi connectivity index (χ2v) is 5.94. The Balaban J connectivity index is 2.30. The number of para-hydroxylation sites is 1. The monoisotopic (exact) mass is 290 g/mol. The Hall–Kier alpha value is -1.97. The van der Waals surface area contributed by atoms with Gasteiger partial charge in [-0.15, -0.1) is 11.3 Å². The van der Waals surface area contributed by atoms with E-state index in [4.69, 9.17) is 5.26 Å². The summed E-state index contributed by atoms with van der Waals surface area (Å²) in [5.74, 6) is -0.357. The number of carbonyl (C=O) groups is 1. The zero-order valence-corrected chi connectivity index (χ0v) is 11.7. The van der Waals surface area contributed by atoms with E-state index in [1.165, 1.54) is 11.3 Å². The fourth-order valence-electron chi connectivity index (χ4n) is 1.57. The van der Waals surface area contributed by atoms with Crippen molar-refractivity contribution < 1.29 is 9.00 Å². The SMILES string of the molecule is C[S@](=O)c1ccccc1NC(=O)c1sccc1C#N. The summed E-state index contributed by atoms with van der Waals surface area (Å²) in [5, 5.41) is 13.3. The fourth-order valence-corrected chi connectivity index (χ4v) is 3.01. The molecule has 0 aliphatic carbocycles. The zero-order valence-electron chi connectivity index (χ0n) is 10.0. The van der Waals surface area contributed by atoms with Crippen molar-refractivity contribution in [3.8, 4) is 6.07 Å². The molecule has 0 aliphatic rings. The third-order valence-corrected chi connectivity index (χ3v) is 4.33. The summed E-state index contributed by atoms with van der Waals surface area (Å²) in [5.41, 5.74) is 0.850. The highest BCUT2D eigenvalue weighted by Crippen LogP contribution is 2.22. The molecule has 1 amide bonds. The highest BCUT2D eigenvalue weighted by atomic mass is 32.2. The van der Waals surface area contributed by atoms with E-state index < -0.39 is 10.8 Å². The topological polar surface area (TPSA) is 70.0 Å². The lowest BCUT2D eigenvalue weighted by molar-refractivity contribution is 0.103. The van der Waals surface area contributed by atoms with Crippen LogP contribution < -0.4 is 5.32 Å². The number of anilines is 1. The highest BCUT2D eigenvalue weighted by Gasteiger charge is 2.15. The second kappa shape index (κ2) is 5.78. The molecule has 6 heteroatoms. The molecule has 0 saturated heterocycles. The van der Waals surface area contributed by atoms with Crippen LogP contribution in [0.3, 0.4) is 0 Å². The number of nitrogens with zero attached hydrogens (tertiary/aromatic N) is 1. The molecule has 96 valence electrons. The third-order valence-electron chi connectivity index (χ3n) is 2.44. The molecular formula is C13H10N2O2S2. The molecule has 1 heterocycles. The predicted molar refractivity (Wildman–Crippen MR) is 75.8 cm³/mol. The van der Waals surface area contributed by atoms with E-state index in [-0.39, 0.29) is 5.91 Å². The molecule has 2 aromatic rings. The number of hydrogen-bond donors (Lipinski definition) is 1. The molecule has 1 aromatic heterocycles. The maximum atomic E-state index is 12.1. The van der Waals surface area contributed by atoms with Crippen molar-refractivity contribution in [2.24, 2.45) is 0 Å². The summed E-state index contributed by atoms with van der Waals surface area (Å²) in [7, 11) is -1.19. The van der Waals surface area contributed by atoms with Crippen molar-refractivity contribution in [2.75, 3.05) is 11.6 Å². The van der Waals surface area contributed by atoms with E-state index in [2.05, 4.69) is 5.32 Å². The van der Waals surface area contributed by atoms with Gasteiger partial charge in [0, 0.05) is 6.26 Å². The first-order valence-corrected chi connectivity index (χ1v) is 7.78. The molecule has 0 aliphatic heterocycles. The summed E-state index contributed by atoms with van der Waals surface area (Å²) in [6.45, 7) is 0. The number of benzene rings is 1. The summed E-state index contributed by atoms with van der Waals surface area (Å²) < 4.78 is 11.6. The molecule has 19 heavy (non-hydrogen) atoms. The maximum Gasteiger partial charge on any atom is 0.267 e. The van der Waals surface area contributed by atoms with Crippen LogP contribution in [0.2, 0.25) is 0 Å². The van der Waals surface area contributed by atoms with Gasteiger partial charge in [-0.25, -0.2) is 0 Å². The van der Waals surface area contributed by atoms with Crippen LogP contribution in [0, 0.1) is 11.3 Å².